The molecule has 11 heteroatoms. The van der Waals surface area contributed by atoms with E-state index in [0.717, 1.165) is 16.9 Å². The Kier molecular flexibility index (Phi) is 7.75. The molecule has 1 atom stereocenters. The third kappa shape index (κ3) is 5.16. The zero-order valence-corrected chi connectivity index (χ0v) is 22.2. The van der Waals surface area contributed by atoms with Crippen LogP contribution in [0.4, 0.5) is 10.2 Å². The van der Waals surface area contributed by atoms with Gasteiger partial charge in [-0.25, -0.2) is 19.3 Å². The van der Waals surface area contributed by atoms with Crippen molar-refractivity contribution in [2.24, 2.45) is 0 Å². The molecule has 5 rings (SSSR count). The van der Waals surface area contributed by atoms with Crippen LogP contribution in [0.2, 0.25) is 0 Å². The fourth-order valence-electron chi connectivity index (χ4n) is 4.59. The lowest BCUT2D eigenvalue weighted by Gasteiger charge is -2.27. The van der Waals surface area contributed by atoms with Crippen molar-refractivity contribution >= 4 is 34.5 Å². The highest BCUT2D eigenvalue weighted by Gasteiger charge is 2.25. The number of aromatic nitrogens is 4. The number of nitrogens with one attached hydrogen (secondary N) is 2. The number of rotatable bonds is 10. The number of hydrogen-bond acceptors (Lipinski definition) is 8. The molecular formula is C27H29FN6O3S. The molecule has 1 amide bonds. The number of pyridine rings is 1. The minimum Gasteiger partial charge on any atom is -0.496 e. The lowest BCUT2D eigenvalue weighted by molar-refractivity contribution is -0.0215. The summed E-state index contributed by atoms with van der Waals surface area (Å²) in [5, 5.41) is 6.77. The molecule has 198 valence electrons. The molecule has 1 aliphatic heterocycles. The van der Waals surface area contributed by atoms with Crippen LogP contribution in [0.5, 0.6) is 5.75 Å². The van der Waals surface area contributed by atoms with Crippen LogP contribution in [0.25, 0.3) is 22.3 Å². The van der Waals surface area contributed by atoms with E-state index in [0.29, 0.717) is 53.6 Å². The highest BCUT2D eigenvalue weighted by Crippen LogP contribution is 2.34. The third-order valence-electron chi connectivity index (χ3n) is 6.65. The maximum atomic E-state index is 14.1. The second-order valence-electron chi connectivity index (χ2n) is 9.02. The standard InChI is InChI=1S/C27H29FN6O3S/c1-29-27(35)16-4-5-20(24(6-16)36-2)17(14-38-3)9-30-25-8-23(32-15-33-25)22-11-34(19-12-37-13-19)26-21(22)7-18(28)10-31-26/h4-8,10-11,15,17,19H,9,12-14H2,1-3H3,(H,29,35)(H,30,32,33). The lowest BCUT2D eigenvalue weighted by atomic mass is 9.98. The Morgan fingerprint density at radius 3 is 2.82 bits per heavy atom. The largest absolute Gasteiger partial charge is 0.496 e. The highest BCUT2D eigenvalue weighted by atomic mass is 32.2. The van der Waals surface area contributed by atoms with Crippen LogP contribution in [0, 0.1) is 5.82 Å². The average molecular weight is 537 g/mol. The topological polar surface area (TPSA) is 103 Å². The van der Waals surface area contributed by atoms with Crippen molar-refractivity contribution in [2.75, 3.05) is 51.2 Å². The van der Waals surface area contributed by atoms with Gasteiger partial charge < -0.3 is 24.7 Å². The van der Waals surface area contributed by atoms with E-state index in [-0.39, 0.29) is 17.9 Å². The number of methoxy groups -OCH3 is 1. The van der Waals surface area contributed by atoms with Crippen molar-refractivity contribution < 1.29 is 18.7 Å². The summed E-state index contributed by atoms with van der Waals surface area (Å²) < 4.78 is 27.2. The minimum absolute atomic E-state index is 0.0935. The van der Waals surface area contributed by atoms with Gasteiger partial charge in [0.2, 0.25) is 0 Å². The van der Waals surface area contributed by atoms with Crippen molar-refractivity contribution in [1.82, 2.24) is 24.8 Å². The maximum Gasteiger partial charge on any atom is 0.251 e. The highest BCUT2D eigenvalue weighted by molar-refractivity contribution is 7.98. The normalized spacial score (nSPS) is 14.2. The van der Waals surface area contributed by atoms with E-state index >= 15 is 0 Å². The number of nitrogens with zero attached hydrogens (tertiary/aromatic N) is 4. The zero-order chi connectivity index (χ0) is 26.6. The molecule has 3 aromatic heterocycles. The first kappa shape index (κ1) is 25.9. The number of halogens is 1. The molecule has 0 saturated carbocycles. The molecule has 1 saturated heterocycles. The molecule has 1 fully saturated rings. The number of amides is 1. The van der Waals surface area contributed by atoms with Crippen LogP contribution in [-0.2, 0) is 4.74 Å². The number of fused-ring (bicyclic) bond motifs is 1. The van der Waals surface area contributed by atoms with Crippen LogP contribution < -0.4 is 15.4 Å². The molecule has 0 spiro atoms. The molecule has 4 heterocycles. The van der Waals surface area contributed by atoms with Crippen molar-refractivity contribution in [2.45, 2.75) is 12.0 Å². The number of hydrogen-bond donors (Lipinski definition) is 2. The molecule has 4 aromatic rings. The molecule has 0 bridgehead atoms. The fourth-order valence-corrected chi connectivity index (χ4v) is 5.29. The number of anilines is 1. The average Bonchev–Trinajstić information content (AvgIpc) is 3.27. The van der Waals surface area contributed by atoms with Gasteiger partial charge >= 0.3 is 0 Å². The molecule has 1 unspecified atom stereocenters. The van der Waals surface area contributed by atoms with E-state index in [1.807, 2.05) is 29.0 Å². The zero-order valence-electron chi connectivity index (χ0n) is 21.4. The number of benzene rings is 1. The van der Waals surface area contributed by atoms with Gasteiger partial charge in [-0.15, -0.1) is 0 Å². The summed E-state index contributed by atoms with van der Waals surface area (Å²) in [6.45, 7) is 1.79. The molecule has 0 radical (unpaired) electrons. The van der Waals surface area contributed by atoms with Gasteiger partial charge in [0.25, 0.3) is 5.91 Å². The molecule has 38 heavy (non-hydrogen) atoms. The summed E-state index contributed by atoms with van der Waals surface area (Å²) in [5.41, 5.74) is 3.71. The smallest absolute Gasteiger partial charge is 0.251 e. The SMILES string of the molecule is CNC(=O)c1ccc(C(CNc2cc(-c3cn(C4COC4)c4ncc(F)cc34)ncn2)CSC)c(OC)c1. The van der Waals surface area contributed by atoms with Crippen LogP contribution in [-0.4, -0.2) is 71.4 Å². The first-order chi connectivity index (χ1) is 18.5. The van der Waals surface area contributed by atoms with Gasteiger partial charge in [-0.1, -0.05) is 6.07 Å². The second kappa shape index (κ2) is 11.4. The Bertz CT molecular complexity index is 1460. The summed E-state index contributed by atoms with van der Waals surface area (Å²) in [5.74, 6) is 1.68. The molecule has 0 aliphatic carbocycles. The summed E-state index contributed by atoms with van der Waals surface area (Å²) in [6.07, 6.45) is 6.75. The van der Waals surface area contributed by atoms with Crippen LogP contribution >= 0.6 is 11.8 Å². The van der Waals surface area contributed by atoms with Crippen molar-refractivity contribution in [1.29, 1.82) is 0 Å². The van der Waals surface area contributed by atoms with Gasteiger partial charge in [0.15, 0.2) is 0 Å². The van der Waals surface area contributed by atoms with Gasteiger partial charge in [-0.2, -0.15) is 11.8 Å². The Hall–Kier alpha value is -3.70. The number of thioether (sulfide) groups is 1. The molecular weight excluding hydrogens is 507 g/mol. The first-order valence-electron chi connectivity index (χ1n) is 12.2. The summed E-state index contributed by atoms with van der Waals surface area (Å²) in [7, 11) is 3.21. The van der Waals surface area contributed by atoms with Crippen LogP contribution in [0.1, 0.15) is 27.9 Å². The number of carbonyl (C=O) groups excluding carboxylic acids is 1. The molecule has 1 aromatic carbocycles. The Morgan fingerprint density at radius 2 is 2.11 bits per heavy atom. The predicted octanol–water partition coefficient (Wildman–Crippen LogP) is 4.13. The summed E-state index contributed by atoms with van der Waals surface area (Å²) in [4.78, 5) is 25.3. The van der Waals surface area contributed by atoms with Gasteiger partial charge in [-0.05, 0) is 30.0 Å². The summed E-state index contributed by atoms with van der Waals surface area (Å²) >= 11 is 1.73. The van der Waals surface area contributed by atoms with E-state index in [9.17, 15) is 9.18 Å². The molecule has 2 N–H and O–H groups in total. The van der Waals surface area contributed by atoms with Gasteiger partial charge in [0, 0.05) is 54.0 Å². The van der Waals surface area contributed by atoms with E-state index in [1.54, 1.807) is 32.0 Å². The molecule has 1 aliphatic rings. The monoisotopic (exact) mass is 536 g/mol. The second-order valence-corrected chi connectivity index (χ2v) is 9.93. The van der Waals surface area contributed by atoms with Crippen molar-refractivity contribution in [3.63, 3.8) is 0 Å². The maximum absolute atomic E-state index is 14.1. The molecule has 9 nitrogen and oxygen atoms in total. The van der Waals surface area contributed by atoms with Gasteiger partial charge in [0.05, 0.1) is 38.3 Å². The summed E-state index contributed by atoms with van der Waals surface area (Å²) in [6, 6.07) is 9.04. The van der Waals surface area contributed by atoms with Gasteiger partial charge in [0.1, 0.15) is 29.4 Å². The quantitative estimate of drug-likeness (QED) is 0.312. The van der Waals surface area contributed by atoms with E-state index < -0.39 is 5.82 Å². The van der Waals surface area contributed by atoms with E-state index in [2.05, 4.69) is 31.8 Å². The third-order valence-corrected chi connectivity index (χ3v) is 7.39. The van der Waals surface area contributed by atoms with Crippen molar-refractivity contribution in [3.8, 4) is 17.0 Å². The Morgan fingerprint density at radius 1 is 1.26 bits per heavy atom. The minimum atomic E-state index is -0.398. The fraction of sp³-hybridized carbons (Fsp3) is 0.333. The van der Waals surface area contributed by atoms with Crippen molar-refractivity contribution in [3.05, 3.63) is 66.0 Å². The van der Waals surface area contributed by atoms with E-state index in [4.69, 9.17) is 9.47 Å². The Balaban J connectivity index is 1.41. The number of carbonyl (C=O) groups is 1. The van der Waals surface area contributed by atoms with Crippen LogP contribution in [0.3, 0.4) is 0 Å². The first-order valence-corrected chi connectivity index (χ1v) is 13.6. The lowest BCUT2D eigenvalue weighted by Crippen LogP contribution is -2.30. The van der Waals surface area contributed by atoms with Crippen LogP contribution in [0.15, 0.2) is 49.1 Å². The van der Waals surface area contributed by atoms with Gasteiger partial charge in [-0.3, -0.25) is 4.79 Å². The predicted molar refractivity (Wildman–Crippen MR) is 147 cm³/mol. The number of ether oxygens (including phenoxy) is 2. The Labute approximate surface area is 224 Å². The van der Waals surface area contributed by atoms with E-state index in [1.165, 1.54) is 18.6 Å².